The number of benzene rings is 1. The summed E-state index contributed by atoms with van der Waals surface area (Å²) >= 11 is 0. The van der Waals surface area contributed by atoms with Crippen LogP contribution in [-0.2, 0) is 4.79 Å². The van der Waals surface area contributed by atoms with Crippen LogP contribution < -0.4 is 4.74 Å². The van der Waals surface area contributed by atoms with E-state index in [0.29, 0.717) is 6.61 Å². The number of hydrogen-bond acceptors (Lipinski definition) is 4. The number of para-hydroxylation sites is 1. The Morgan fingerprint density at radius 1 is 1.16 bits per heavy atom. The molecule has 1 amide bonds. The normalized spacial score (nSPS) is 16.6. The molecular weight excluding hydrogens is 316 g/mol. The van der Waals surface area contributed by atoms with Gasteiger partial charge in [0.15, 0.2) is 0 Å². The Morgan fingerprint density at radius 3 is 2.56 bits per heavy atom. The summed E-state index contributed by atoms with van der Waals surface area (Å²) in [7, 11) is 0. The molecule has 3 rings (SSSR count). The lowest BCUT2D eigenvalue weighted by Crippen LogP contribution is -2.51. The summed E-state index contributed by atoms with van der Waals surface area (Å²) in [6.45, 7) is 6.89. The molecular formula is C19H26N4O2. The smallest absolute Gasteiger partial charge is 0.247 e. The van der Waals surface area contributed by atoms with Crippen LogP contribution in [0.4, 0.5) is 0 Å². The van der Waals surface area contributed by atoms with Crippen LogP contribution in [0.1, 0.15) is 19.4 Å². The van der Waals surface area contributed by atoms with Gasteiger partial charge in [0.05, 0.1) is 0 Å². The zero-order valence-corrected chi connectivity index (χ0v) is 14.8. The zero-order chi connectivity index (χ0) is 17.5. The van der Waals surface area contributed by atoms with Gasteiger partial charge >= 0.3 is 0 Å². The number of aromatic nitrogens is 2. The molecule has 1 aromatic heterocycles. The van der Waals surface area contributed by atoms with E-state index in [-0.39, 0.29) is 11.9 Å². The van der Waals surface area contributed by atoms with Crippen molar-refractivity contribution in [1.82, 2.24) is 19.6 Å². The second-order valence-electron chi connectivity index (χ2n) is 6.24. The highest BCUT2D eigenvalue weighted by atomic mass is 16.5. The largest absolute Gasteiger partial charge is 0.492 e. The minimum absolute atomic E-state index is 0.173. The Morgan fingerprint density at radius 2 is 1.92 bits per heavy atom. The van der Waals surface area contributed by atoms with Crippen molar-refractivity contribution in [3.8, 4) is 5.75 Å². The third kappa shape index (κ3) is 4.60. The van der Waals surface area contributed by atoms with Crippen molar-refractivity contribution in [2.75, 3.05) is 39.3 Å². The van der Waals surface area contributed by atoms with Crippen molar-refractivity contribution >= 4 is 5.91 Å². The van der Waals surface area contributed by atoms with Gasteiger partial charge in [0, 0.05) is 45.1 Å². The quantitative estimate of drug-likeness (QED) is 0.773. The molecule has 0 bridgehead atoms. The molecule has 134 valence electrons. The summed E-state index contributed by atoms with van der Waals surface area (Å²) in [5.74, 6) is 1.08. The third-order valence-electron chi connectivity index (χ3n) is 4.62. The van der Waals surface area contributed by atoms with Gasteiger partial charge in [0.1, 0.15) is 18.4 Å². The van der Waals surface area contributed by atoms with Gasteiger partial charge in [-0.05, 0) is 24.6 Å². The van der Waals surface area contributed by atoms with Crippen LogP contribution in [0.25, 0.3) is 0 Å². The SMILES string of the molecule is CCC(C(=O)N1CCN(CCOc2ccccc2)CC1)n1cccn1. The number of nitrogens with zero attached hydrogens (tertiary/aromatic N) is 4. The van der Waals surface area contributed by atoms with Gasteiger partial charge in [0.25, 0.3) is 0 Å². The lowest BCUT2D eigenvalue weighted by molar-refractivity contribution is -0.137. The molecule has 6 nitrogen and oxygen atoms in total. The number of carbonyl (C=O) groups excluding carboxylic acids is 1. The number of ether oxygens (including phenoxy) is 1. The van der Waals surface area contributed by atoms with Crippen molar-refractivity contribution in [2.24, 2.45) is 0 Å². The van der Waals surface area contributed by atoms with Gasteiger partial charge in [-0.2, -0.15) is 5.10 Å². The maximum Gasteiger partial charge on any atom is 0.247 e. The number of amides is 1. The summed E-state index contributed by atoms with van der Waals surface area (Å²) in [6, 6.07) is 11.5. The summed E-state index contributed by atoms with van der Waals surface area (Å²) in [5, 5.41) is 4.23. The molecule has 1 aliphatic rings. The maximum atomic E-state index is 12.8. The second kappa shape index (κ2) is 8.67. The van der Waals surface area contributed by atoms with Crippen LogP contribution in [0.3, 0.4) is 0 Å². The first-order chi connectivity index (χ1) is 12.3. The van der Waals surface area contributed by atoms with Gasteiger partial charge in [0.2, 0.25) is 5.91 Å². The molecule has 0 aliphatic carbocycles. The van der Waals surface area contributed by atoms with E-state index >= 15 is 0 Å². The van der Waals surface area contributed by atoms with Crippen molar-refractivity contribution in [3.05, 3.63) is 48.8 Å². The minimum Gasteiger partial charge on any atom is -0.492 e. The standard InChI is InChI=1S/C19H26N4O2/c1-2-18(23-10-6-9-20-23)19(24)22-13-11-21(12-14-22)15-16-25-17-7-4-3-5-8-17/h3-10,18H,2,11-16H2,1H3. The Balaban J connectivity index is 1.43. The summed E-state index contributed by atoms with van der Waals surface area (Å²) < 4.78 is 7.52. The first-order valence-corrected chi connectivity index (χ1v) is 8.96. The van der Waals surface area contributed by atoms with Crippen molar-refractivity contribution in [1.29, 1.82) is 0 Å². The van der Waals surface area contributed by atoms with E-state index in [9.17, 15) is 4.79 Å². The third-order valence-corrected chi connectivity index (χ3v) is 4.62. The fourth-order valence-corrected chi connectivity index (χ4v) is 3.15. The highest BCUT2D eigenvalue weighted by Crippen LogP contribution is 2.15. The maximum absolute atomic E-state index is 12.8. The van der Waals surface area contributed by atoms with Crippen LogP contribution in [0, 0.1) is 0 Å². The molecule has 1 fully saturated rings. The van der Waals surface area contributed by atoms with Crippen molar-refractivity contribution in [2.45, 2.75) is 19.4 Å². The molecule has 1 atom stereocenters. The predicted molar refractivity (Wildman–Crippen MR) is 96.5 cm³/mol. The number of rotatable bonds is 7. The van der Waals surface area contributed by atoms with Crippen molar-refractivity contribution in [3.63, 3.8) is 0 Å². The minimum atomic E-state index is -0.192. The van der Waals surface area contributed by atoms with Crippen molar-refractivity contribution < 1.29 is 9.53 Å². The van der Waals surface area contributed by atoms with Gasteiger partial charge in [-0.15, -0.1) is 0 Å². The van der Waals surface area contributed by atoms with Gasteiger partial charge in [-0.25, -0.2) is 0 Å². The van der Waals surface area contributed by atoms with Gasteiger partial charge in [-0.3, -0.25) is 14.4 Å². The fraction of sp³-hybridized carbons (Fsp3) is 0.474. The Bertz CT molecular complexity index is 637. The first kappa shape index (κ1) is 17.5. The van der Waals surface area contributed by atoms with E-state index < -0.39 is 0 Å². The molecule has 2 heterocycles. The summed E-state index contributed by atoms with van der Waals surface area (Å²) in [6.07, 6.45) is 4.34. The fourth-order valence-electron chi connectivity index (χ4n) is 3.15. The lowest BCUT2D eigenvalue weighted by Gasteiger charge is -2.36. The zero-order valence-electron chi connectivity index (χ0n) is 14.8. The molecule has 25 heavy (non-hydrogen) atoms. The second-order valence-corrected chi connectivity index (χ2v) is 6.24. The number of hydrogen-bond donors (Lipinski definition) is 0. The molecule has 6 heteroatoms. The Labute approximate surface area is 149 Å². The van der Waals surface area contributed by atoms with Gasteiger partial charge < -0.3 is 9.64 Å². The summed E-state index contributed by atoms with van der Waals surface area (Å²) in [5.41, 5.74) is 0. The average Bonchev–Trinajstić information content (AvgIpc) is 3.18. The Hall–Kier alpha value is -2.34. The van der Waals surface area contributed by atoms with E-state index in [0.717, 1.165) is 44.9 Å². The topological polar surface area (TPSA) is 50.6 Å². The number of piperazine rings is 1. The monoisotopic (exact) mass is 342 g/mol. The highest BCUT2D eigenvalue weighted by Gasteiger charge is 2.27. The average molecular weight is 342 g/mol. The van der Waals surface area contributed by atoms with E-state index in [2.05, 4.69) is 10.00 Å². The molecule has 1 unspecified atom stereocenters. The molecule has 0 N–H and O–H groups in total. The van der Waals surface area contributed by atoms with Crippen LogP contribution in [-0.4, -0.2) is 64.8 Å². The molecule has 1 saturated heterocycles. The number of carbonyl (C=O) groups is 1. The highest BCUT2D eigenvalue weighted by molar-refractivity contribution is 5.80. The van der Waals surface area contributed by atoms with Crippen LogP contribution >= 0.6 is 0 Å². The first-order valence-electron chi connectivity index (χ1n) is 8.96. The van der Waals surface area contributed by atoms with E-state index in [1.807, 2.05) is 54.4 Å². The van der Waals surface area contributed by atoms with E-state index in [1.54, 1.807) is 10.9 Å². The predicted octanol–water partition coefficient (Wildman–Crippen LogP) is 2.06. The molecule has 2 aromatic rings. The van der Waals surface area contributed by atoms with E-state index in [4.69, 9.17) is 4.74 Å². The summed E-state index contributed by atoms with van der Waals surface area (Å²) in [4.78, 5) is 17.1. The molecule has 0 saturated carbocycles. The van der Waals surface area contributed by atoms with Gasteiger partial charge in [-0.1, -0.05) is 25.1 Å². The molecule has 0 spiro atoms. The van der Waals surface area contributed by atoms with E-state index in [1.165, 1.54) is 0 Å². The van der Waals surface area contributed by atoms with Crippen LogP contribution in [0.2, 0.25) is 0 Å². The Kier molecular flexibility index (Phi) is 6.06. The van der Waals surface area contributed by atoms with Crippen LogP contribution in [0.5, 0.6) is 5.75 Å². The molecule has 1 aliphatic heterocycles. The lowest BCUT2D eigenvalue weighted by atomic mass is 10.2. The molecule has 0 radical (unpaired) electrons. The van der Waals surface area contributed by atoms with Crippen LogP contribution in [0.15, 0.2) is 48.8 Å². The molecule has 1 aromatic carbocycles.